The second-order valence-electron chi connectivity index (χ2n) is 5.18. The minimum absolute atomic E-state index is 0.404. The van der Waals surface area contributed by atoms with Crippen molar-refractivity contribution in [2.24, 2.45) is 0 Å². The Kier molecular flexibility index (Phi) is 4.95. The SMILES string of the molecule is Cc1ccc(C(C)C)c(Oc2ccc(CCl)c(Cl)c2)c1. The van der Waals surface area contributed by atoms with Crippen molar-refractivity contribution in [1.29, 1.82) is 0 Å². The van der Waals surface area contributed by atoms with Crippen LogP contribution in [0.1, 0.15) is 36.5 Å². The Morgan fingerprint density at radius 1 is 1.10 bits per heavy atom. The van der Waals surface area contributed by atoms with Gasteiger partial charge in [-0.05, 0) is 47.7 Å². The van der Waals surface area contributed by atoms with Gasteiger partial charge in [0.15, 0.2) is 0 Å². The minimum Gasteiger partial charge on any atom is -0.457 e. The second kappa shape index (κ2) is 6.51. The van der Waals surface area contributed by atoms with E-state index >= 15 is 0 Å². The molecule has 2 rings (SSSR count). The summed E-state index contributed by atoms with van der Waals surface area (Å²) in [7, 11) is 0. The third-order valence-electron chi connectivity index (χ3n) is 3.19. The standard InChI is InChI=1S/C17H18Cl2O/c1-11(2)15-7-4-12(3)8-17(15)20-14-6-5-13(10-18)16(19)9-14/h4-9,11H,10H2,1-3H3. The third-order valence-corrected chi connectivity index (χ3v) is 3.83. The number of hydrogen-bond acceptors (Lipinski definition) is 1. The molecule has 0 amide bonds. The second-order valence-corrected chi connectivity index (χ2v) is 5.86. The fraction of sp³-hybridized carbons (Fsp3) is 0.294. The molecule has 0 saturated carbocycles. The number of aryl methyl sites for hydroxylation is 1. The van der Waals surface area contributed by atoms with E-state index in [1.54, 1.807) is 0 Å². The van der Waals surface area contributed by atoms with Crippen LogP contribution >= 0.6 is 23.2 Å². The van der Waals surface area contributed by atoms with Crippen LogP contribution in [0.15, 0.2) is 36.4 Å². The van der Waals surface area contributed by atoms with Crippen molar-refractivity contribution in [3.63, 3.8) is 0 Å². The van der Waals surface area contributed by atoms with Gasteiger partial charge < -0.3 is 4.74 Å². The first kappa shape index (κ1) is 15.2. The van der Waals surface area contributed by atoms with Crippen LogP contribution in [0.5, 0.6) is 11.5 Å². The van der Waals surface area contributed by atoms with Gasteiger partial charge in [0.2, 0.25) is 0 Å². The monoisotopic (exact) mass is 308 g/mol. The molecule has 0 fully saturated rings. The van der Waals surface area contributed by atoms with Gasteiger partial charge in [-0.25, -0.2) is 0 Å². The van der Waals surface area contributed by atoms with Gasteiger partial charge in [-0.2, -0.15) is 0 Å². The van der Waals surface area contributed by atoms with E-state index in [-0.39, 0.29) is 0 Å². The summed E-state index contributed by atoms with van der Waals surface area (Å²) in [6, 6.07) is 11.9. The van der Waals surface area contributed by atoms with E-state index in [1.165, 1.54) is 11.1 Å². The van der Waals surface area contributed by atoms with E-state index in [2.05, 4.69) is 39.0 Å². The molecule has 0 aliphatic carbocycles. The van der Waals surface area contributed by atoms with Crippen LogP contribution in [0.2, 0.25) is 5.02 Å². The zero-order valence-corrected chi connectivity index (χ0v) is 13.4. The number of alkyl halides is 1. The number of halogens is 2. The van der Waals surface area contributed by atoms with Crippen molar-refractivity contribution in [2.75, 3.05) is 0 Å². The number of ether oxygens (including phenoxy) is 1. The van der Waals surface area contributed by atoms with Gasteiger partial charge in [0.25, 0.3) is 0 Å². The van der Waals surface area contributed by atoms with E-state index in [1.807, 2.05) is 18.2 Å². The summed E-state index contributed by atoms with van der Waals surface area (Å²) in [5.41, 5.74) is 3.27. The van der Waals surface area contributed by atoms with Gasteiger partial charge >= 0.3 is 0 Å². The molecule has 0 heterocycles. The van der Waals surface area contributed by atoms with Crippen molar-refractivity contribution < 1.29 is 4.74 Å². The zero-order chi connectivity index (χ0) is 14.7. The summed E-state index contributed by atoms with van der Waals surface area (Å²) in [5, 5.41) is 0.635. The topological polar surface area (TPSA) is 9.23 Å². The lowest BCUT2D eigenvalue weighted by molar-refractivity contribution is 0.472. The summed E-state index contributed by atoms with van der Waals surface area (Å²) in [5.74, 6) is 2.43. The summed E-state index contributed by atoms with van der Waals surface area (Å²) in [4.78, 5) is 0. The molecule has 0 unspecified atom stereocenters. The van der Waals surface area contributed by atoms with Crippen molar-refractivity contribution in [1.82, 2.24) is 0 Å². The quantitative estimate of drug-likeness (QED) is 0.602. The van der Waals surface area contributed by atoms with Crippen LogP contribution in [-0.2, 0) is 5.88 Å². The van der Waals surface area contributed by atoms with E-state index in [0.29, 0.717) is 16.8 Å². The molecule has 3 heteroatoms. The molecule has 0 aliphatic rings. The van der Waals surface area contributed by atoms with E-state index in [9.17, 15) is 0 Å². The molecule has 20 heavy (non-hydrogen) atoms. The molecule has 0 N–H and O–H groups in total. The molecule has 2 aromatic rings. The number of benzene rings is 2. The van der Waals surface area contributed by atoms with Crippen LogP contribution in [-0.4, -0.2) is 0 Å². The Bertz CT molecular complexity index is 606. The zero-order valence-electron chi connectivity index (χ0n) is 11.9. The van der Waals surface area contributed by atoms with Crippen molar-refractivity contribution >= 4 is 23.2 Å². The first-order valence-corrected chi connectivity index (χ1v) is 7.55. The summed E-state index contributed by atoms with van der Waals surface area (Å²) >= 11 is 12.0. The summed E-state index contributed by atoms with van der Waals surface area (Å²) < 4.78 is 6.00. The van der Waals surface area contributed by atoms with Crippen LogP contribution in [0.25, 0.3) is 0 Å². The molecule has 1 nitrogen and oxygen atoms in total. The van der Waals surface area contributed by atoms with Crippen LogP contribution < -0.4 is 4.74 Å². The lowest BCUT2D eigenvalue weighted by atomic mass is 10.0. The highest BCUT2D eigenvalue weighted by Gasteiger charge is 2.10. The van der Waals surface area contributed by atoms with Gasteiger partial charge in [-0.15, -0.1) is 11.6 Å². The molecule has 0 aliphatic heterocycles. The van der Waals surface area contributed by atoms with Crippen molar-refractivity contribution in [3.8, 4) is 11.5 Å². The Morgan fingerprint density at radius 2 is 1.85 bits per heavy atom. The summed E-state index contributed by atoms with van der Waals surface area (Å²) in [6.45, 7) is 6.36. The third kappa shape index (κ3) is 3.47. The Hall–Kier alpha value is -1.18. The van der Waals surface area contributed by atoms with Gasteiger partial charge in [-0.3, -0.25) is 0 Å². The highest BCUT2D eigenvalue weighted by Crippen LogP contribution is 2.33. The lowest BCUT2D eigenvalue weighted by Crippen LogP contribution is -1.95. The van der Waals surface area contributed by atoms with E-state index < -0.39 is 0 Å². The van der Waals surface area contributed by atoms with Gasteiger partial charge in [0.1, 0.15) is 11.5 Å². The van der Waals surface area contributed by atoms with Gasteiger partial charge in [0.05, 0.1) is 0 Å². The molecule has 0 bridgehead atoms. The Balaban J connectivity index is 2.34. The van der Waals surface area contributed by atoms with Crippen molar-refractivity contribution in [2.45, 2.75) is 32.6 Å². The van der Waals surface area contributed by atoms with E-state index in [0.717, 1.165) is 17.1 Å². The lowest BCUT2D eigenvalue weighted by Gasteiger charge is -2.15. The average Bonchev–Trinajstić information content (AvgIpc) is 2.38. The molecule has 106 valence electrons. The van der Waals surface area contributed by atoms with Gasteiger partial charge in [-0.1, -0.05) is 43.6 Å². The van der Waals surface area contributed by atoms with Crippen LogP contribution in [0.4, 0.5) is 0 Å². The first-order chi connectivity index (χ1) is 9.51. The molecule has 0 spiro atoms. The first-order valence-electron chi connectivity index (χ1n) is 6.64. The summed E-state index contributed by atoms with van der Waals surface area (Å²) in [6.07, 6.45) is 0. The molecular weight excluding hydrogens is 291 g/mol. The maximum absolute atomic E-state index is 6.16. The maximum atomic E-state index is 6.16. The average molecular weight is 309 g/mol. The van der Waals surface area contributed by atoms with Crippen LogP contribution in [0, 0.1) is 6.92 Å². The number of rotatable bonds is 4. The molecule has 0 atom stereocenters. The Morgan fingerprint density at radius 3 is 2.45 bits per heavy atom. The molecule has 0 saturated heterocycles. The Labute approximate surface area is 130 Å². The smallest absolute Gasteiger partial charge is 0.131 e. The molecular formula is C17H18Cl2O. The predicted octanol–water partition coefficient (Wildman–Crippen LogP) is 6.30. The minimum atomic E-state index is 0.404. The highest BCUT2D eigenvalue weighted by atomic mass is 35.5. The molecule has 0 aromatic heterocycles. The maximum Gasteiger partial charge on any atom is 0.131 e. The largest absolute Gasteiger partial charge is 0.457 e. The molecule has 0 radical (unpaired) electrons. The predicted molar refractivity (Wildman–Crippen MR) is 86.4 cm³/mol. The number of hydrogen-bond donors (Lipinski definition) is 0. The highest BCUT2D eigenvalue weighted by molar-refractivity contribution is 6.32. The fourth-order valence-corrected chi connectivity index (χ4v) is 2.57. The molecule has 2 aromatic carbocycles. The normalized spacial score (nSPS) is 10.9. The van der Waals surface area contributed by atoms with E-state index in [4.69, 9.17) is 27.9 Å². The fourth-order valence-electron chi connectivity index (χ4n) is 2.03. The van der Waals surface area contributed by atoms with Crippen LogP contribution in [0.3, 0.4) is 0 Å². The van der Waals surface area contributed by atoms with Gasteiger partial charge in [0, 0.05) is 10.9 Å². The van der Waals surface area contributed by atoms with Crippen molar-refractivity contribution in [3.05, 3.63) is 58.1 Å².